The van der Waals surface area contributed by atoms with E-state index in [9.17, 15) is 0 Å². The minimum Gasteiger partial charge on any atom is -0.492 e. The molecule has 0 radical (unpaired) electrons. The van der Waals surface area contributed by atoms with Gasteiger partial charge in [-0.15, -0.1) is 11.3 Å². The van der Waals surface area contributed by atoms with Gasteiger partial charge >= 0.3 is 0 Å². The van der Waals surface area contributed by atoms with Gasteiger partial charge in [-0.05, 0) is 44.2 Å². The molecule has 3 rings (SSSR count). The Morgan fingerprint density at radius 2 is 1.95 bits per heavy atom. The lowest BCUT2D eigenvalue weighted by molar-refractivity contribution is 0.243. The molecule has 5 heteroatoms. The second-order valence-corrected chi connectivity index (χ2v) is 6.69. The van der Waals surface area contributed by atoms with Crippen LogP contribution in [0.3, 0.4) is 0 Å². The van der Waals surface area contributed by atoms with Crippen molar-refractivity contribution in [3.05, 3.63) is 42.7 Å². The summed E-state index contributed by atoms with van der Waals surface area (Å²) in [5.41, 5.74) is 7.65. The van der Waals surface area contributed by atoms with Crippen LogP contribution in [-0.2, 0) is 0 Å². The van der Waals surface area contributed by atoms with Crippen molar-refractivity contribution in [2.24, 2.45) is 5.73 Å². The Morgan fingerprint density at radius 3 is 2.67 bits per heavy atom. The molecule has 0 fully saturated rings. The molecule has 0 saturated heterocycles. The van der Waals surface area contributed by atoms with Crippen LogP contribution in [0.4, 0.5) is 0 Å². The molecule has 0 atom stereocenters. The van der Waals surface area contributed by atoms with Crippen LogP contribution in [0.1, 0.15) is 13.8 Å². The second kappa shape index (κ2) is 5.42. The highest BCUT2D eigenvalue weighted by molar-refractivity contribution is 7.21. The highest BCUT2D eigenvalue weighted by Crippen LogP contribution is 2.32. The largest absolute Gasteiger partial charge is 0.492 e. The first-order chi connectivity index (χ1) is 10.0. The number of thiazole rings is 1. The molecule has 3 aromatic rings. The van der Waals surface area contributed by atoms with Crippen LogP contribution in [0, 0.1) is 0 Å². The molecule has 0 saturated carbocycles. The number of fused-ring (bicyclic) bond motifs is 1. The summed E-state index contributed by atoms with van der Waals surface area (Å²) in [6.07, 6.45) is 3.55. The fourth-order valence-corrected chi connectivity index (χ4v) is 2.88. The van der Waals surface area contributed by atoms with Crippen LogP contribution < -0.4 is 10.5 Å². The van der Waals surface area contributed by atoms with E-state index in [4.69, 9.17) is 10.5 Å². The maximum absolute atomic E-state index is 5.94. The highest BCUT2D eigenvalue weighted by atomic mass is 32.1. The predicted octanol–water partition coefficient (Wildman–Crippen LogP) is 3.47. The van der Waals surface area contributed by atoms with Crippen molar-refractivity contribution < 1.29 is 4.74 Å². The lowest BCUT2D eigenvalue weighted by atomic mass is 10.1. The van der Waals surface area contributed by atoms with Crippen molar-refractivity contribution in [3.8, 4) is 16.3 Å². The Bertz CT molecular complexity index is 747. The molecule has 2 aromatic heterocycles. The molecule has 2 N–H and O–H groups in total. The van der Waals surface area contributed by atoms with E-state index in [2.05, 4.69) is 9.97 Å². The number of hydrogen-bond acceptors (Lipinski definition) is 5. The monoisotopic (exact) mass is 299 g/mol. The van der Waals surface area contributed by atoms with E-state index in [-0.39, 0.29) is 5.54 Å². The molecule has 2 heterocycles. The molecule has 0 spiro atoms. The number of aromatic nitrogens is 2. The number of benzene rings is 1. The molecule has 0 aliphatic heterocycles. The molecular formula is C16H17N3OS. The second-order valence-electron chi connectivity index (χ2n) is 5.66. The SMILES string of the molecule is CC(C)(N)COc1ccc2nc(-c3ccncc3)sc2c1. The summed E-state index contributed by atoms with van der Waals surface area (Å²) in [5.74, 6) is 0.825. The summed E-state index contributed by atoms with van der Waals surface area (Å²) in [6.45, 7) is 4.37. The van der Waals surface area contributed by atoms with Crippen molar-refractivity contribution in [2.75, 3.05) is 6.61 Å². The first kappa shape index (κ1) is 14.0. The Morgan fingerprint density at radius 1 is 1.19 bits per heavy atom. The Kier molecular flexibility index (Phi) is 3.61. The third kappa shape index (κ3) is 3.37. The predicted molar refractivity (Wildman–Crippen MR) is 86.6 cm³/mol. The standard InChI is InChI=1S/C16H17N3OS/c1-16(2,17)10-20-12-3-4-13-14(9-12)21-15(19-13)11-5-7-18-8-6-11/h3-9H,10,17H2,1-2H3. The van der Waals surface area contributed by atoms with Gasteiger partial charge in [-0.2, -0.15) is 0 Å². The zero-order valence-corrected chi connectivity index (χ0v) is 12.9. The first-order valence-electron chi connectivity index (χ1n) is 6.74. The fourth-order valence-electron chi connectivity index (χ4n) is 1.88. The first-order valence-corrected chi connectivity index (χ1v) is 7.56. The number of nitrogens with zero attached hydrogens (tertiary/aromatic N) is 2. The third-order valence-electron chi connectivity index (χ3n) is 2.90. The van der Waals surface area contributed by atoms with E-state index >= 15 is 0 Å². The summed E-state index contributed by atoms with van der Waals surface area (Å²) < 4.78 is 6.84. The van der Waals surface area contributed by atoms with Crippen LogP contribution in [0.5, 0.6) is 5.75 Å². The van der Waals surface area contributed by atoms with E-state index in [1.54, 1.807) is 23.7 Å². The van der Waals surface area contributed by atoms with Gasteiger partial charge in [0, 0.05) is 23.5 Å². The molecule has 108 valence electrons. The van der Waals surface area contributed by atoms with Crippen molar-refractivity contribution in [3.63, 3.8) is 0 Å². The number of hydrogen-bond donors (Lipinski definition) is 1. The van der Waals surface area contributed by atoms with E-state index < -0.39 is 0 Å². The van der Waals surface area contributed by atoms with Gasteiger partial charge < -0.3 is 10.5 Å². The molecule has 0 unspecified atom stereocenters. The van der Waals surface area contributed by atoms with E-state index in [0.717, 1.165) is 26.5 Å². The molecule has 0 aliphatic carbocycles. The van der Waals surface area contributed by atoms with Gasteiger partial charge in [0.15, 0.2) is 0 Å². The molecule has 21 heavy (non-hydrogen) atoms. The van der Waals surface area contributed by atoms with E-state index in [1.165, 1.54) is 0 Å². The van der Waals surface area contributed by atoms with Crippen LogP contribution in [0.15, 0.2) is 42.7 Å². The lowest BCUT2D eigenvalue weighted by Crippen LogP contribution is -2.38. The van der Waals surface area contributed by atoms with E-state index in [0.29, 0.717) is 6.61 Å². The Balaban J connectivity index is 1.89. The zero-order valence-electron chi connectivity index (χ0n) is 12.0. The quantitative estimate of drug-likeness (QED) is 0.801. The number of ether oxygens (including phenoxy) is 1. The minimum absolute atomic E-state index is 0.342. The van der Waals surface area contributed by atoms with Crippen molar-refractivity contribution in [1.82, 2.24) is 9.97 Å². The van der Waals surface area contributed by atoms with Gasteiger partial charge in [-0.1, -0.05) is 0 Å². The van der Waals surface area contributed by atoms with Crippen LogP contribution in [0.2, 0.25) is 0 Å². The number of nitrogens with two attached hydrogens (primary N) is 1. The Hall–Kier alpha value is -1.98. The summed E-state index contributed by atoms with van der Waals surface area (Å²) >= 11 is 1.65. The van der Waals surface area contributed by atoms with Crippen molar-refractivity contribution in [1.29, 1.82) is 0 Å². The molecular weight excluding hydrogens is 282 g/mol. The van der Waals surface area contributed by atoms with Crippen molar-refractivity contribution >= 4 is 21.6 Å². The van der Waals surface area contributed by atoms with E-state index in [1.807, 2.05) is 44.2 Å². The van der Waals surface area contributed by atoms with Crippen molar-refractivity contribution in [2.45, 2.75) is 19.4 Å². The zero-order chi connectivity index (χ0) is 14.9. The smallest absolute Gasteiger partial charge is 0.124 e. The number of rotatable bonds is 4. The van der Waals surface area contributed by atoms with Gasteiger partial charge in [0.25, 0.3) is 0 Å². The summed E-state index contributed by atoms with van der Waals surface area (Å²) in [6, 6.07) is 9.86. The molecule has 0 amide bonds. The van der Waals surface area contributed by atoms with Gasteiger partial charge in [-0.3, -0.25) is 4.98 Å². The van der Waals surface area contributed by atoms with Crippen LogP contribution >= 0.6 is 11.3 Å². The lowest BCUT2D eigenvalue weighted by Gasteiger charge is -2.18. The van der Waals surface area contributed by atoms with Gasteiger partial charge in [0.05, 0.1) is 10.2 Å². The van der Waals surface area contributed by atoms with Crippen LogP contribution in [-0.4, -0.2) is 22.1 Å². The summed E-state index contributed by atoms with van der Waals surface area (Å²) in [4.78, 5) is 8.67. The average molecular weight is 299 g/mol. The van der Waals surface area contributed by atoms with Crippen LogP contribution in [0.25, 0.3) is 20.8 Å². The average Bonchev–Trinajstić information content (AvgIpc) is 2.88. The molecule has 0 bridgehead atoms. The Labute approximate surface area is 127 Å². The third-order valence-corrected chi connectivity index (χ3v) is 3.97. The molecule has 4 nitrogen and oxygen atoms in total. The number of pyridine rings is 1. The fraction of sp³-hybridized carbons (Fsp3) is 0.250. The minimum atomic E-state index is -0.342. The summed E-state index contributed by atoms with van der Waals surface area (Å²) in [7, 11) is 0. The molecule has 0 aliphatic rings. The highest BCUT2D eigenvalue weighted by Gasteiger charge is 2.12. The maximum atomic E-state index is 5.94. The summed E-state index contributed by atoms with van der Waals surface area (Å²) in [5, 5.41) is 0.990. The maximum Gasteiger partial charge on any atom is 0.124 e. The van der Waals surface area contributed by atoms with Gasteiger partial charge in [-0.25, -0.2) is 4.98 Å². The topological polar surface area (TPSA) is 61.0 Å². The molecule has 1 aromatic carbocycles. The van der Waals surface area contributed by atoms with Gasteiger partial charge in [0.2, 0.25) is 0 Å². The van der Waals surface area contributed by atoms with Gasteiger partial charge in [0.1, 0.15) is 17.4 Å². The normalized spacial score (nSPS) is 11.8.